The lowest BCUT2D eigenvalue weighted by Gasteiger charge is -2.18. The zero-order valence-corrected chi connectivity index (χ0v) is 10.3. The van der Waals surface area contributed by atoms with E-state index in [4.69, 9.17) is 4.74 Å². The molecule has 1 rings (SSSR count). The maximum absolute atomic E-state index is 11.4. The first-order valence-electron chi connectivity index (χ1n) is 6.14. The predicted octanol–water partition coefficient (Wildman–Crippen LogP) is 0.764. The number of likely N-dealkylation sites (N-methyl/N-ethyl adjacent to an activating group) is 1. The van der Waals surface area contributed by atoms with E-state index in [1.54, 1.807) is 0 Å². The van der Waals surface area contributed by atoms with E-state index in [0.717, 1.165) is 39.1 Å². The third-order valence-corrected chi connectivity index (χ3v) is 2.83. The maximum atomic E-state index is 11.4. The molecule has 5 heteroatoms. The van der Waals surface area contributed by atoms with Gasteiger partial charge < -0.3 is 20.3 Å². The third kappa shape index (κ3) is 4.81. The molecule has 1 unspecified atom stereocenters. The molecule has 1 fully saturated rings. The molecule has 0 bridgehead atoms. The van der Waals surface area contributed by atoms with Crippen molar-refractivity contribution in [2.24, 2.45) is 0 Å². The number of amides is 2. The third-order valence-electron chi connectivity index (χ3n) is 2.83. The molecule has 0 saturated carbocycles. The zero-order chi connectivity index (χ0) is 11.8. The molecule has 1 aliphatic heterocycles. The number of nitrogens with one attached hydrogen (secondary N) is 2. The van der Waals surface area contributed by atoms with Crippen molar-refractivity contribution in [3.8, 4) is 0 Å². The van der Waals surface area contributed by atoms with E-state index in [1.807, 2.05) is 0 Å². The number of hydrogen-bond acceptors (Lipinski definition) is 3. The average molecular weight is 229 g/mol. The van der Waals surface area contributed by atoms with Crippen LogP contribution < -0.4 is 10.6 Å². The van der Waals surface area contributed by atoms with Gasteiger partial charge in [0.1, 0.15) is 6.23 Å². The fraction of sp³-hybridized carbons (Fsp3) is 0.909. The number of urea groups is 1. The van der Waals surface area contributed by atoms with Gasteiger partial charge in [-0.25, -0.2) is 4.79 Å². The van der Waals surface area contributed by atoms with E-state index in [9.17, 15) is 4.79 Å². The number of ether oxygens (including phenoxy) is 1. The normalized spacial score (nSPS) is 20.1. The van der Waals surface area contributed by atoms with Gasteiger partial charge in [-0.1, -0.05) is 13.8 Å². The van der Waals surface area contributed by atoms with Gasteiger partial charge in [0, 0.05) is 19.7 Å². The van der Waals surface area contributed by atoms with Gasteiger partial charge in [-0.05, 0) is 25.9 Å². The molecule has 94 valence electrons. The summed E-state index contributed by atoms with van der Waals surface area (Å²) in [5.41, 5.74) is 0. The van der Waals surface area contributed by atoms with Crippen LogP contribution in [-0.2, 0) is 4.74 Å². The standard InChI is InChI=1S/C11H23N3O2/c1-3-14(4-2)8-7-12-11(15)13-10-6-5-9-16-10/h10H,3-9H2,1-2H3,(H2,12,13,15). The molecule has 0 spiro atoms. The minimum atomic E-state index is -0.126. The van der Waals surface area contributed by atoms with Gasteiger partial charge in [0.2, 0.25) is 0 Å². The van der Waals surface area contributed by atoms with Gasteiger partial charge in [-0.2, -0.15) is 0 Å². The Morgan fingerprint density at radius 2 is 2.19 bits per heavy atom. The van der Waals surface area contributed by atoms with E-state index >= 15 is 0 Å². The molecule has 16 heavy (non-hydrogen) atoms. The molecule has 0 aliphatic carbocycles. The summed E-state index contributed by atoms with van der Waals surface area (Å²) in [6.07, 6.45) is 1.86. The summed E-state index contributed by atoms with van der Waals surface area (Å²) < 4.78 is 5.31. The second-order valence-corrected chi connectivity index (χ2v) is 3.93. The minimum Gasteiger partial charge on any atom is -0.358 e. The molecule has 2 N–H and O–H groups in total. The number of carbonyl (C=O) groups excluding carboxylic acids is 1. The van der Waals surface area contributed by atoms with Crippen molar-refractivity contribution in [2.75, 3.05) is 32.8 Å². The summed E-state index contributed by atoms with van der Waals surface area (Å²) >= 11 is 0. The van der Waals surface area contributed by atoms with Gasteiger partial charge in [-0.15, -0.1) is 0 Å². The molecule has 2 amide bonds. The summed E-state index contributed by atoms with van der Waals surface area (Å²) in [5.74, 6) is 0. The van der Waals surface area contributed by atoms with Gasteiger partial charge in [0.15, 0.2) is 0 Å². The molecule has 0 aromatic heterocycles. The minimum absolute atomic E-state index is 0.0894. The molecule has 1 heterocycles. The van der Waals surface area contributed by atoms with Crippen molar-refractivity contribution in [3.63, 3.8) is 0 Å². The van der Waals surface area contributed by atoms with E-state index in [2.05, 4.69) is 29.4 Å². The van der Waals surface area contributed by atoms with Gasteiger partial charge >= 0.3 is 6.03 Å². The van der Waals surface area contributed by atoms with E-state index in [1.165, 1.54) is 0 Å². The largest absolute Gasteiger partial charge is 0.358 e. The summed E-state index contributed by atoms with van der Waals surface area (Å²) in [4.78, 5) is 13.7. The molecule has 0 aromatic rings. The molecule has 1 atom stereocenters. The maximum Gasteiger partial charge on any atom is 0.316 e. The quantitative estimate of drug-likeness (QED) is 0.707. The van der Waals surface area contributed by atoms with Crippen LogP contribution in [0.2, 0.25) is 0 Å². The second kappa shape index (κ2) is 7.46. The number of carbonyl (C=O) groups is 1. The first-order valence-corrected chi connectivity index (χ1v) is 6.14. The van der Waals surface area contributed by atoms with Gasteiger partial charge in [0.25, 0.3) is 0 Å². The van der Waals surface area contributed by atoms with Crippen LogP contribution in [0.4, 0.5) is 4.79 Å². The molecular formula is C11H23N3O2. The SMILES string of the molecule is CCN(CC)CCNC(=O)NC1CCCO1. The molecule has 1 aliphatic rings. The predicted molar refractivity (Wildman–Crippen MR) is 63.3 cm³/mol. The molecule has 1 saturated heterocycles. The van der Waals surface area contributed by atoms with Gasteiger partial charge in [0.05, 0.1) is 0 Å². The van der Waals surface area contributed by atoms with Crippen molar-refractivity contribution in [3.05, 3.63) is 0 Å². The Hall–Kier alpha value is -0.810. The van der Waals surface area contributed by atoms with Crippen molar-refractivity contribution < 1.29 is 9.53 Å². The highest BCUT2D eigenvalue weighted by Gasteiger charge is 2.17. The Kier molecular flexibility index (Phi) is 6.18. The highest BCUT2D eigenvalue weighted by Crippen LogP contribution is 2.08. The van der Waals surface area contributed by atoms with Crippen LogP contribution in [0.5, 0.6) is 0 Å². The summed E-state index contributed by atoms with van der Waals surface area (Å²) in [6, 6.07) is -0.126. The van der Waals surface area contributed by atoms with Crippen LogP contribution >= 0.6 is 0 Å². The first kappa shape index (κ1) is 13.3. The lowest BCUT2D eigenvalue weighted by atomic mass is 10.3. The number of hydrogen-bond donors (Lipinski definition) is 2. The van der Waals surface area contributed by atoms with Crippen LogP contribution in [0.15, 0.2) is 0 Å². The fourth-order valence-corrected chi connectivity index (χ4v) is 1.76. The smallest absolute Gasteiger partial charge is 0.316 e. The van der Waals surface area contributed by atoms with E-state index in [-0.39, 0.29) is 12.3 Å². The molecule has 0 aromatic carbocycles. The van der Waals surface area contributed by atoms with E-state index in [0.29, 0.717) is 6.54 Å². The molecule has 5 nitrogen and oxygen atoms in total. The van der Waals surface area contributed by atoms with Crippen LogP contribution in [0.25, 0.3) is 0 Å². The van der Waals surface area contributed by atoms with E-state index < -0.39 is 0 Å². The Morgan fingerprint density at radius 1 is 1.44 bits per heavy atom. The lowest BCUT2D eigenvalue weighted by Crippen LogP contribution is -2.44. The fourth-order valence-electron chi connectivity index (χ4n) is 1.76. The number of rotatable bonds is 6. The van der Waals surface area contributed by atoms with Crippen LogP contribution in [0.1, 0.15) is 26.7 Å². The van der Waals surface area contributed by atoms with Crippen molar-refractivity contribution in [2.45, 2.75) is 32.9 Å². The van der Waals surface area contributed by atoms with Crippen molar-refractivity contribution in [1.29, 1.82) is 0 Å². The van der Waals surface area contributed by atoms with Crippen molar-refractivity contribution >= 4 is 6.03 Å². The average Bonchev–Trinajstić information content (AvgIpc) is 2.77. The summed E-state index contributed by atoms with van der Waals surface area (Å²) in [6.45, 7) is 8.61. The van der Waals surface area contributed by atoms with Crippen LogP contribution in [-0.4, -0.2) is 49.9 Å². The second-order valence-electron chi connectivity index (χ2n) is 3.93. The Labute approximate surface area is 97.5 Å². The topological polar surface area (TPSA) is 53.6 Å². The Morgan fingerprint density at radius 3 is 2.75 bits per heavy atom. The van der Waals surface area contributed by atoms with Gasteiger partial charge in [-0.3, -0.25) is 0 Å². The molecular weight excluding hydrogens is 206 g/mol. The van der Waals surface area contributed by atoms with Crippen LogP contribution in [0.3, 0.4) is 0 Å². The summed E-state index contributed by atoms with van der Waals surface area (Å²) in [5, 5.41) is 5.63. The highest BCUT2D eigenvalue weighted by atomic mass is 16.5. The number of nitrogens with zero attached hydrogens (tertiary/aromatic N) is 1. The Balaban J connectivity index is 2.05. The van der Waals surface area contributed by atoms with Crippen LogP contribution in [0, 0.1) is 0 Å². The molecule has 0 radical (unpaired) electrons. The summed E-state index contributed by atoms with van der Waals surface area (Å²) in [7, 11) is 0. The monoisotopic (exact) mass is 229 g/mol. The highest BCUT2D eigenvalue weighted by molar-refractivity contribution is 5.73. The zero-order valence-electron chi connectivity index (χ0n) is 10.3. The van der Waals surface area contributed by atoms with Crippen molar-refractivity contribution in [1.82, 2.24) is 15.5 Å². The lowest BCUT2D eigenvalue weighted by molar-refractivity contribution is 0.0906. The Bertz CT molecular complexity index is 201. The first-order chi connectivity index (χ1) is 7.76.